The third kappa shape index (κ3) is 4.02. The van der Waals surface area contributed by atoms with Crippen LogP contribution in [0.4, 0.5) is 10.5 Å². The summed E-state index contributed by atoms with van der Waals surface area (Å²) in [4.78, 5) is 24.3. The first-order valence-corrected chi connectivity index (χ1v) is 6.93. The zero-order valence-corrected chi connectivity index (χ0v) is 12.1. The second-order valence-electron chi connectivity index (χ2n) is 4.79. The van der Waals surface area contributed by atoms with Crippen molar-refractivity contribution in [2.45, 2.75) is 12.8 Å². The summed E-state index contributed by atoms with van der Waals surface area (Å²) in [5, 5.41) is 12.3. The Balaban J connectivity index is 1.94. The lowest BCUT2D eigenvalue weighted by atomic mass is 10.1. The number of rotatable bonds is 3. The second-order valence-corrected chi connectivity index (χ2v) is 5.66. The van der Waals surface area contributed by atoms with Crippen molar-refractivity contribution in [3.05, 3.63) is 28.2 Å². The molecule has 2 N–H and O–H groups in total. The van der Waals surface area contributed by atoms with Crippen molar-refractivity contribution in [1.82, 2.24) is 4.90 Å². The predicted molar refractivity (Wildman–Crippen MR) is 77.4 cm³/mol. The van der Waals surface area contributed by atoms with Gasteiger partial charge in [-0.05, 0) is 30.5 Å². The summed E-state index contributed by atoms with van der Waals surface area (Å²) >= 11 is 11.7. The van der Waals surface area contributed by atoms with E-state index >= 15 is 0 Å². The zero-order valence-electron chi connectivity index (χ0n) is 10.6. The van der Waals surface area contributed by atoms with Crippen molar-refractivity contribution < 1.29 is 14.7 Å². The highest BCUT2D eigenvalue weighted by Crippen LogP contribution is 2.24. The number of carbonyl (C=O) groups excluding carboxylic acids is 1. The van der Waals surface area contributed by atoms with Gasteiger partial charge in [-0.3, -0.25) is 4.79 Å². The topological polar surface area (TPSA) is 69.6 Å². The van der Waals surface area contributed by atoms with Gasteiger partial charge < -0.3 is 15.3 Å². The Morgan fingerprint density at radius 2 is 1.95 bits per heavy atom. The molecule has 1 aromatic rings. The van der Waals surface area contributed by atoms with Gasteiger partial charge in [0.25, 0.3) is 0 Å². The van der Waals surface area contributed by atoms with Gasteiger partial charge in [-0.25, -0.2) is 4.79 Å². The Bertz CT molecular complexity index is 516. The van der Waals surface area contributed by atoms with E-state index in [4.69, 9.17) is 28.3 Å². The summed E-state index contributed by atoms with van der Waals surface area (Å²) in [6, 6.07) is 4.53. The number of hydrogen-bond donors (Lipinski definition) is 2. The molecule has 1 aliphatic heterocycles. The minimum absolute atomic E-state index is 0.0150. The average molecular weight is 317 g/mol. The Kier molecular flexibility index (Phi) is 4.73. The molecule has 7 heteroatoms. The average Bonchev–Trinajstić information content (AvgIpc) is 2.75. The van der Waals surface area contributed by atoms with Crippen molar-refractivity contribution in [3.63, 3.8) is 0 Å². The highest BCUT2D eigenvalue weighted by atomic mass is 35.5. The quantitative estimate of drug-likeness (QED) is 0.898. The summed E-state index contributed by atoms with van der Waals surface area (Å²) < 4.78 is 0. The lowest BCUT2D eigenvalue weighted by Crippen LogP contribution is -2.33. The van der Waals surface area contributed by atoms with Crippen molar-refractivity contribution in [2.75, 3.05) is 18.4 Å². The fourth-order valence-electron chi connectivity index (χ4n) is 2.26. The van der Waals surface area contributed by atoms with E-state index in [1.54, 1.807) is 23.1 Å². The molecule has 5 nitrogen and oxygen atoms in total. The number of nitrogens with one attached hydrogen (secondary N) is 1. The number of benzene rings is 1. The minimum Gasteiger partial charge on any atom is -0.481 e. The Hall–Kier alpha value is -1.46. The minimum atomic E-state index is -0.834. The van der Waals surface area contributed by atoms with Crippen molar-refractivity contribution in [2.24, 2.45) is 5.92 Å². The Labute approximate surface area is 126 Å². The first-order chi connectivity index (χ1) is 9.44. The van der Waals surface area contributed by atoms with E-state index in [0.717, 1.165) is 0 Å². The molecule has 0 bridgehead atoms. The maximum atomic E-state index is 12.0. The van der Waals surface area contributed by atoms with Gasteiger partial charge in [0.15, 0.2) is 0 Å². The summed E-state index contributed by atoms with van der Waals surface area (Å²) in [6.07, 6.45) is 0.794. The fraction of sp³-hybridized carbons (Fsp3) is 0.385. The third-order valence-electron chi connectivity index (χ3n) is 3.15. The van der Waals surface area contributed by atoms with Crippen LogP contribution in [0.1, 0.15) is 12.8 Å². The van der Waals surface area contributed by atoms with E-state index in [1.165, 1.54) is 0 Å². The number of urea groups is 1. The predicted octanol–water partition coefficient (Wildman–Crippen LogP) is 3.32. The lowest BCUT2D eigenvalue weighted by Gasteiger charge is -2.17. The largest absolute Gasteiger partial charge is 0.481 e. The number of carbonyl (C=O) groups is 2. The number of carboxylic acids is 1. The van der Waals surface area contributed by atoms with Gasteiger partial charge in [0.1, 0.15) is 0 Å². The molecular weight excluding hydrogens is 303 g/mol. The van der Waals surface area contributed by atoms with E-state index < -0.39 is 5.97 Å². The van der Waals surface area contributed by atoms with Crippen LogP contribution in [-0.2, 0) is 4.79 Å². The molecule has 0 radical (unpaired) electrons. The standard InChI is InChI=1S/C13H14Cl2N2O3/c14-9-4-10(15)6-11(5-9)16-13(20)17-2-1-8(7-17)3-12(18)19/h4-6,8H,1-3,7H2,(H,16,20)(H,18,19). The monoisotopic (exact) mass is 316 g/mol. The fourth-order valence-corrected chi connectivity index (χ4v) is 2.79. The highest BCUT2D eigenvalue weighted by Gasteiger charge is 2.27. The zero-order chi connectivity index (χ0) is 14.7. The maximum absolute atomic E-state index is 12.0. The first kappa shape index (κ1) is 14.9. The van der Waals surface area contributed by atoms with E-state index in [1.807, 2.05) is 0 Å². The van der Waals surface area contributed by atoms with Gasteiger partial charge in [-0.1, -0.05) is 23.2 Å². The number of nitrogens with zero attached hydrogens (tertiary/aromatic N) is 1. The van der Waals surface area contributed by atoms with Gasteiger partial charge in [-0.15, -0.1) is 0 Å². The molecule has 2 amide bonds. The van der Waals surface area contributed by atoms with Crippen LogP contribution in [0.25, 0.3) is 0 Å². The normalized spacial score (nSPS) is 18.1. The molecule has 0 aliphatic carbocycles. The molecule has 1 fully saturated rings. The number of amides is 2. The van der Waals surface area contributed by atoms with Crippen molar-refractivity contribution in [1.29, 1.82) is 0 Å². The molecule has 1 aromatic carbocycles. The van der Waals surface area contributed by atoms with Crippen LogP contribution in [0.2, 0.25) is 10.0 Å². The lowest BCUT2D eigenvalue weighted by molar-refractivity contribution is -0.138. The molecule has 1 heterocycles. The number of carboxylic acid groups (broad SMARTS) is 1. The summed E-state index contributed by atoms with van der Waals surface area (Å²) in [6.45, 7) is 1.00. The molecule has 1 atom stereocenters. The van der Waals surface area contributed by atoms with Gasteiger partial charge in [0.2, 0.25) is 0 Å². The Morgan fingerprint density at radius 1 is 1.30 bits per heavy atom. The maximum Gasteiger partial charge on any atom is 0.321 e. The Morgan fingerprint density at radius 3 is 2.55 bits per heavy atom. The van der Waals surface area contributed by atoms with Gasteiger partial charge in [-0.2, -0.15) is 0 Å². The van der Waals surface area contributed by atoms with Gasteiger partial charge in [0.05, 0.1) is 0 Å². The number of aliphatic carboxylic acids is 1. The SMILES string of the molecule is O=C(O)CC1CCN(C(=O)Nc2cc(Cl)cc(Cl)c2)C1. The van der Waals surface area contributed by atoms with Crippen LogP contribution in [0.5, 0.6) is 0 Å². The smallest absolute Gasteiger partial charge is 0.321 e. The van der Waals surface area contributed by atoms with Crippen molar-refractivity contribution >= 4 is 40.9 Å². The number of anilines is 1. The second kappa shape index (κ2) is 6.33. The van der Waals surface area contributed by atoms with E-state index in [0.29, 0.717) is 35.2 Å². The van der Waals surface area contributed by atoms with Gasteiger partial charge in [0, 0.05) is 35.2 Å². The van der Waals surface area contributed by atoms with Crippen LogP contribution < -0.4 is 5.32 Å². The van der Waals surface area contributed by atoms with Gasteiger partial charge >= 0.3 is 12.0 Å². The molecule has 108 valence electrons. The van der Waals surface area contributed by atoms with E-state index in [-0.39, 0.29) is 18.4 Å². The van der Waals surface area contributed by atoms with Crippen molar-refractivity contribution in [3.8, 4) is 0 Å². The molecule has 20 heavy (non-hydrogen) atoms. The summed E-state index contributed by atoms with van der Waals surface area (Å²) in [5.74, 6) is -0.819. The van der Waals surface area contributed by atoms with E-state index in [2.05, 4.69) is 5.32 Å². The molecule has 0 spiro atoms. The molecular formula is C13H14Cl2N2O3. The third-order valence-corrected chi connectivity index (χ3v) is 3.59. The molecule has 1 unspecified atom stereocenters. The summed E-state index contributed by atoms with van der Waals surface area (Å²) in [7, 11) is 0. The molecule has 2 rings (SSSR count). The van der Waals surface area contributed by atoms with Crippen LogP contribution in [0, 0.1) is 5.92 Å². The van der Waals surface area contributed by atoms with Crippen LogP contribution in [0.3, 0.4) is 0 Å². The van der Waals surface area contributed by atoms with Crippen LogP contribution in [-0.4, -0.2) is 35.1 Å². The number of hydrogen-bond acceptors (Lipinski definition) is 2. The highest BCUT2D eigenvalue weighted by molar-refractivity contribution is 6.35. The van der Waals surface area contributed by atoms with Crippen LogP contribution in [0.15, 0.2) is 18.2 Å². The number of likely N-dealkylation sites (tertiary alicyclic amines) is 1. The molecule has 0 saturated carbocycles. The molecule has 1 aliphatic rings. The summed E-state index contributed by atoms with van der Waals surface area (Å²) in [5.41, 5.74) is 0.522. The molecule has 1 saturated heterocycles. The number of halogens is 2. The molecule has 0 aromatic heterocycles. The first-order valence-electron chi connectivity index (χ1n) is 6.18. The van der Waals surface area contributed by atoms with Crippen LogP contribution >= 0.6 is 23.2 Å². The van der Waals surface area contributed by atoms with E-state index in [9.17, 15) is 9.59 Å².